The second-order valence-corrected chi connectivity index (χ2v) is 13.7. The molecule has 1 saturated heterocycles. The summed E-state index contributed by atoms with van der Waals surface area (Å²) >= 11 is 18.8. The third kappa shape index (κ3) is 7.43. The van der Waals surface area contributed by atoms with Gasteiger partial charge in [-0.3, -0.25) is 4.79 Å². The van der Waals surface area contributed by atoms with Crippen LogP contribution in [-0.2, 0) is 26.8 Å². The van der Waals surface area contributed by atoms with Gasteiger partial charge >= 0.3 is 0 Å². The molecule has 1 aliphatic rings. The number of carbonyl (C=O) groups is 1. The van der Waals surface area contributed by atoms with Gasteiger partial charge in [-0.15, -0.1) is 0 Å². The van der Waals surface area contributed by atoms with Crippen LogP contribution in [0.25, 0.3) is 0 Å². The summed E-state index contributed by atoms with van der Waals surface area (Å²) in [7, 11) is -1.41. The fraction of sp³-hybridized carbons (Fsp3) is 0.536. The van der Waals surface area contributed by atoms with E-state index in [1.807, 2.05) is 52.1 Å². The highest BCUT2D eigenvalue weighted by Gasteiger charge is 2.38. The summed E-state index contributed by atoms with van der Waals surface area (Å²) in [5, 5.41) is 1.56. The lowest BCUT2D eigenvalue weighted by Gasteiger charge is -2.39. The van der Waals surface area contributed by atoms with Crippen LogP contribution < -0.4 is 0 Å². The molecule has 1 fully saturated rings. The van der Waals surface area contributed by atoms with Crippen molar-refractivity contribution in [2.75, 3.05) is 39.5 Å². The Morgan fingerprint density at radius 1 is 1.05 bits per heavy atom. The van der Waals surface area contributed by atoms with Gasteiger partial charge < -0.3 is 9.80 Å². The highest BCUT2D eigenvalue weighted by molar-refractivity contribution is 7.88. The summed E-state index contributed by atoms with van der Waals surface area (Å²) in [6.07, 6.45) is 3.41. The van der Waals surface area contributed by atoms with Gasteiger partial charge in [0.15, 0.2) is 0 Å². The van der Waals surface area contributed by atoms with Crippen LogP contribution in [0.3, 0.4) is 0 Å². The van der Waals surface area contributed by atoms with Gasteiger partial charge in [0, 0.05) is 31.2 Å². The lowest BCUT2D eigenvalue weighted by Crippen LogP contribution is -2.49. The minimum Gasteiger partial charge on any atom is -0.341 e. The number of halogens is 3. The van der Waals surface area contributed by atoms with E-state index in [1.54, 1.807) is 21.3 Å². The Bertz CT molecular complexity index is 1250. The molecule has 210 valence electrons. The van der Waals surface area contributed by atoms with Gasteiger partial charge in [0.25, 0.3) is 0 Å². The van der Waals surface area contributed by atoms with Gasteiger partial charge in [0.05, 0.1) is 21.7 Å². The lowest BCUT2D eigenvalue weighted by atomic mass is 9.77. The first kappa shape index (κ1) is 31.2. The number of piperidine rings is 1. The predicted molar refractivity (Wildman–Crippen MR) is 158 cm³/mol. The minimum atomic E-state index is -3.23. The number of amides is 1. The summed E-state index contributed by atoms with van der Waals surface area (Å²) < 4.78 is 25.9. The van der Waals surface area contributed by atoms with E-state index < -0.39 is 15.4 Å². The summed E-state index contributed by atoms with van der Waals surface area (Å²) in [4.78, 5) is 18.1. The van der Waals surface area contributed by atoms with Gasteiger partial charge in [-0.2, -0.15) is 4.31 Å². The Morgan fingerprint density at radius 3 is 2.24 bits per heavy atom. The van der Waals surface area contributed by atoms with Crippen molar-refractivity contribution in [3.8, 4) is 0 Å². The molecule has 1 aliphatic heterocycles. The first-order chi connectivity index (χ1) is 17.8. The van der Waals surface area contributed by atoms with Crippen molar-refractivity contribution >= 4 is 50.7 Å². The topological polar surface area (TPSA) is 60.9 Å². The smallest absolute Gasteiger partial charge is 0.233 e. The molecule has 0 N–H and O–H groups in total. The number of sulfonamides is 1. The van der Waals surface area contributed by atoms with Crippen molar-refractivity contribution in [3.63, 3.8) is 0 Å². The Kier molecular flexibility index (Phi) is 10.6. The largest absolute Gasteiger partial charge is 0.341 e. The fourth-order valence-electron chi connectivity index (χ4n) is 5.36. The number of benzene rings is 2. The van der Waals surface area contributed by atoms with Crippen LogP contribution in [0.2, 0.25) is 15.1 Å². The first-order valence-corrected chi connectivity index (χ1v) is 15.9. The van der Waals surface area contributed by atoms with Crippen molar-refractivity contribution in [1.82, 2.24) is 14.1 Å². The van der Waals surface area contributed by atoms with E-state index in [4.69, 9.17) is 34.8 Å². The van der Waals surface area contributed by atoms with E-state index >= 15 is 0 Å². The van der Waals surface area contributed by atoms with Gasteiger partial charge in [-0.1, -0.05) is 59.9 Å². The molecule has 38 heavy (non-hydrogen) atoms. The standard InChI is InChI=1S/C28H38Cl3N3O3S/c1-6-34(38(5,36)37)23-11-14-33(15-12-23)16-13-28(3,22-8-10-25(30)26(31)18-22)27(35)32(4)19-21-7-9-24(29)20(2)17-21/h7-10,17-18,23H,6,11-16,19H2,1-5H3. The molecule has 6 nitrogen and oxygen atoms in total. The summed E-state index contributed by atoms with van der Waals surface area (Å²) in [6.45, 7) is 8.99. The first-order valence-electron chi connectivity index (χ1n) is 12.9. The zero-order valence-corrected chi connectivity index (χ0v) is 25.9. The Hall–Kier alpha value is -1.35. The zero-order valence-electron chi connectivity index (χ0n) is 22.8. The molecule has 1 heterocycles. The number of hydrogen-bond acceptors (Lipinski definition) is 4. The van der Waals surface area contributed by atoms with Crippen LogP contribution in [0.1, 0.15) is 49.8 Å². The molecular formula is C28H38Cl3N3O3S. The normalized spacial score (nSPS) is 17.0. The lowest BCUT2D eigenvalue weighted by molar-refractivity contribution is -0.136. The number of likely N-dealkylation sites (N-methyl/N-ethyl adjacent to an activating group) is 1. The second kappa shape index (κ2) is 12.9. The molecule has 0 bridgehead atoms. The van der Waals surface area contributed by atoms with E-state index in [-0.39, 0.29) is 11.9 Å². The van der Waals surface area contributed by atoms with E-state index in [0.29, 0.717) is 41.1 Å². The Morgan fingerprint density at radius 2 is 1.68 bits per heavy atom. The summed E-state index contributed by atoms with van der Waals surface area (Å²) in [5.74, 6) is -0.00684. The number of likely N-dealkylation sites (tertiary alicyclic amines) is 1. The fourth-order valence-corrected chi connectivity index (χ4v) is 7.00. The van der Waals surface area contributed by atoms with Crippen LogP contribution in [0.4, 0.5) is 0 Å². The maximum Gasteiger partial charge on any atom is 0.233 e. The molecule has 0 saturated carbocycles. The van der Waals surface area contributed by atoms with Crippen LogP contribution in [-0.4, -0.2) is 74.0 Å². The SMILES string of the molecule is CCN(C1CCN(CCC(C)(C(=O)N(C)Cc2ccc(Cl)c(C)c2)c2ccc(Cl)c(Cl)c2)CC1)S(C)(=O)=O. The highest BCUT2D eigenvalue weighted by Crippen LogP contribution is 2.35. The average Bonchev–Trinajstić information content (AvgIpc) is 2.86. The van der Waals surface area contributed by atoms with Crippen molar-refractivity contribution in [1.29, 1.82) is 0 Å². The molecule has 2 aromatic rings. The molecule has 0 aromatic heterocycles. The molecule has 2 aromatic carbocycles. The number of carbonyl (C=O) groups excluding carboxylic acids is 1. The van der Waals surface area contributed by atoms with Gasteiger partial charge in [0.2, 0.25) is 15.9 Å². The van der Waals surface area contributed by atoms with Gasteiger partial charge in [-0.05, 0) is 87.6 Å². The highest BCUT2D eigenvalue weighted by atomic mass is 35.5. The van der Waals surface area contributed by atoms with Gasteiger partial charge in [-0.25, -0.2) is 8.42 Å². The third-order valence-electron chi connectivity index (χ3n) is 7.65. The number of nitrogens with zero attached hydrogens (tertiary/aromatic N) is 3. The number of aryl methyl sites for hydroxylation is 1. The molecule has 1 amide bonds. The van der Waals surface area contributed by atoms with Crippen LogP contribution in [0.15, 0.2) is 36.4 Å². The van der Waals surface area contributed by atoms with E-state index in [1.165, 1.54) is 6.26 Å². The molecule has 0 spiro atoms. The maximum atomic E-state index is 14.0. The molecule has 10 heteroatoms. The monoisotopic (exact) mass is 601 g/mol. The maximum absolute atomic E-state index is 14.0. The van der Waals surface area contributed by atoms with Crippen LogP contribution in [0.5, 0.6) is 0 Å². The van der Waals surface area contributed by atoms with Crippen LogP contribution >= 0.6 is 34.8 Å². The Balaban J connectivity index is 1.77. The molecule has 1 atom stereocenters. The molecule has 1 unspecified atom stereocenters. The number of rotatable bonds is 10. The third-order valence-corrected chi connectivity index (χ3v) is 10.2. The predicted octanol–water partition coefficient (Wildman–Crippen LogP) is 6.01. The van der Waals surface area contributed by atoms with E-state index in [9.17, 15) is 13.2 Å². The summed E-state index contributed by atoms with van der Waals surface area (Å²) in [6, 6.07) is 11.2. The van der Waals surface area contributed by atoms with Crippen molar-refractivity contribution < 1.29 is 13.2 Å². The molecule has 0 aliphatic carbocycles. The van der Waals surface area contributed by atoms with E-state index in [0.717, 1.165) is 42.6 Å². The van der Waals surface area contributed by atoms with Crippen molar-refractivity contribution in [2.24, 2.45) is 0 Å². The van der Waals surface area contributed by atoms with Gasteiger partial charge in [0.1, 0.15) is 0 Å². The van der Waals surface area contributed by atoms with Crippen LogP contribution in [0, 0.1) is 6.92 Å². The second-order valence-electron chi connectivity index (χ2n) is 10.5. The molecular weight excluding hydrogens is 565 g/mol. The molecule has 0 radical (unpaired) electrons. The number of hydrogen-bond donors (Lipinski definition) is 0. The summed E-state index contributed by atoms with van der Waals surface area (Å²) in [5.41, 5.74) is 1.97. The Labute approximate surface area is 242 Å². The minimum absolute atomic E-state index is 0.00684. The quantitative estimate of drug-likeness (QED) is 0.334. The average molecular weight is 603 g/mol. The van der Waals surface area contributed by atoms with Crippen molar-refractivity contribution in [2.45, 2.75) is 58.0 Å². The van der Waals surface area contributed by atoms with Crippen molar-refractivity contribution in [3.05, 3.63) is 68.2 Å². The zero-order chi connectivity index (χ0) is 28.3. The molecule has 3 rings (SSSR count). The van der Waals surface area contributed by atoms with E-state index in [2.05, 4.69) is 4.90 Å².